The smallest absolute Gasteiger partial charge is 0.258 e. The standard InChI is InChI=1S/C16H11ClFNO2/c17-11-3-6-14-13(9-11)15(20)7-8-19(14)16(21)10-1-4-12(18)5-2-10/h1-6,9H,7-8H2. The summed E-state index contributed by atoms with van der Waals surface area (Å²) in [6, 6.07) is 10.2. The van der Waals surface area contributed by atoms with E-state index in [9.17, 15) is 14.0 Å². The van der Waals surface area contributed by atoms with E-state index in [2.05, 4.69) is 0 Å². The van der Waals surface area contributed by atoms with Crippen LogP contribution in [0.3, 0.4) is 0 Å². The van der Waals surface area contributed by atoms with Crippen molar-refractivity contribution in [3.63, 3.8) is 0 Å². The molecule has 0 atom stereocenters. The second-order valence-corrected chi connectivity index (χ2v) is 5.23. The van der Waals surface area contributed by atoms with E-state index < -0.39 is 5.82 Å². The number of carbonyl (C=O) groups is 2. The Morgan fingerprint density at radius 3 is 2.57 bits per heavy atom. The summed E-state index contributed by atoms with van der Waals surface area (Å²) < 4.78 is 12.9. The number of hydrogen-bond acceptors (Lipinski definition) is 2. The second-order valence-electron chi connectivity index (χ2n) is 4.80. The molecule has 106 valence electrons. The van der Waals surface area contributed by atoms with Gasteiger partial charge in [-0.15, -0.1) is 0 Å². The van der Waals surface area contributed by atoms with Crippen molar-refractivity contribution in [2.75, 3.05) is 11.4 Å². The van der Waals surface area contributed by atoms with Crippen LogP contribution >= 0.6 is 11.6 Å². The molecule has 2 aromatic rings. The number of halogens is 2. The fourth-order valence-corrected chi connectivity index (χ4v) is 2.57. The van der Waals surface area contributed by atoms with Gasteiger partial charge in [0.05, 0.1) is 5.69 Å². The van der Waals surface area contributed by atoms with Crippen LogP contribution in [0.5, 0.6) is 0 Å². The van der Waals surface area contributed by atoms with Gasteiger partial charge in [-0.05, 0) is 42.5 Å². The van der Waals surface area contributed by atoms with Gasteiger partial charge >= 0.3 is 0 Å². The lowest BCUT2D eigenvalue weighted by atomic mass is 9.99. The summed E-state index contributed by atoms with van der Waals surface area (Å²) in [4.78, 5) is 26.0. The summed E-state index contributed by atoms with van der Waals surface area (Å²) in [7, 11) is 0. The predicted octanol–water partition coefficient (Wildman–Crippen LogP) is 3.71. The minimum absolute atomic E-state index is 0.0318. The summed E-state index contributed by atoms with van der Waals surface area (Å²) in [5, 5.41) is 0.457. The molecule has 2 aromatic carbocycles. The molecule has 0 saturated carbocycles. The Morgan fingerprint density at radius 2 is 1.86 bits per heavy atom. The van der Waals surface area contributed by atoms with Gasteiger partial charge in [0.25, 0.3) is 5.91 Å². The summed E-state index contributed by atoms with van der Waals surface area (Å²) in [6.45, 7) is 0.309. The van der Waals surface area contributed by atoms with Crippen molar-refractivity contribution < 1.29 is 14.0 Å². The van der Waals surface area contributed by atoms with Crippen molar-refractivity contribution >= 4 is 29.0 Å². The highest BCUT2D eigenvalue weighted by Crippen LogP contribution is 2.30. The topological polar surface area (TPSA) is 37.4 Å². The average molecular weight is 304 g/mol. The molecule has 3 rings (SSSR count). The van der Waals surface area contributed by atoms with E-state index in [-0.39, 0.29) is 18.1 Å². The summed E-state index contributed by atoms with van der Waals surface area (Å²) in [5.74, 6) is -0.686. The van der Waals surface area contributed by atoms with Gasteiger partial charge in [0, 0.05) is 29.1 Å². The second kappa shape index (κ2) is 5.30. The van der Waals surface area contributed by atoms with E-state index in [0.29, 0.717) is 28.4 Å². The molecule has 1 aliphatic heterocycles. The van der Waals surface area contributed by atoms with E-state index in [1.54, 1.807) is 18.2 Å². The van der Waals surface area contributed by atoms with Crippen LogP contribution in [0.25, 0.3) is 0 Å². The third-order valence-corrected chi connectivity index (χ3v) is 3.68. The van der Waals surface area contributed by atoms with Crippen LogP contribution in [0, 0.1) is 5.82 Å². The lowest BCUT2D eigenvalue weighted by Crippen LogP contribution is -2.37. The van der Waals surface area contributed by atoms with Crippen molar-refractivity contribution in [3.05, 3.63) is 64.4 Å². The molecule has 0 fully saturated rings. The highest BCUT2D eigenvalue weighted by atomic mass is 35.5. The van der Waals surface area contributed by atoms with Gasteiger partial charge in [-0.1, -0.05) is 11.6 Å². The van der Waals surface area contributed by atoms with Crippen LogP contribution in [0.1, 0.15) is 27.1 Å². The predicted molar refractivity (Wildman–Crippen MR) is 78.5 cm³/mol. The van der Waals surface area contributed by atoms with Crippen LogP contribution in [-0.2, 0) is 0 Å². The van der Waals surface area contributed by atoms with E-state index in [1.165, 1.54) is 29.2 Å². The fourth-order valence-electron chi connectivity index (χ4n) is 2.39. The molecular formula is C16H11ClFNO2. The number of rotatable bonds is 1. The van der Waals surface area contributed by atoms with Crippen LogP contribution in [-0.4, -0.2) is 18.2 Å². The molecule has 0 N–H and O–H groups in total. The van der Waals surface area contributed by atoms with Crippen molar-refractivity contribution in [2.24, 2.45) is 0 Å². The number of carbonyl (C=O) groups excluding carboxylic acids is 2. The average Bonchev–Trinajstić information content (AvgIpc) is 2.48. The van der Waals surface area contributed by atoms with Gasteiger partial charge in [-0.3, -0.25) is 9.59 Å². The maximum atomic E-state index is 12.9. The minimum atomic E-state index is -0.396. The number of nitrogens with zero attached hydrogens (tertiary/aromatic N) is 1. The molecule has 0 saturated heterocycles. The molecule has 21 heavy (non-hydrogen) atoms. The largest absolute Gasteiger partial charge is 0.307 e. The Bertz CT molecular complexity index is 728. The van der Waals surface area contributed by atoms with E-state index in [4.69, 9.17) is 11.6 Å². The molecule has 0 spiro atoms. The first-order valence-corrected chi connectivity index (χ1v) is 6.84. The molecule has 0 bridgehead atoms. The van der Waals surface area contributed by atoms with E-state index in [1.807, 2.05) is 0 Å². The molecule has 1 heterocycles. The maximum Gasteiger partial charge on any atom is 0.258 e. The Balaban J connectivity index is 2.01. The van der Waals surface area contributed by atoms with Gasteiger partial charge in [-0.25, -0.2) is 4.39 Å². The number of fused-ring (bicyclic) bond motifs is 1. The van der Waals surface area contributed by atoms with Crippen molar-refractivity contribution in [1.82, 2.24) is 0 Å². The van der Waals surface area contributed by atoms with Crippen LogP contribution < -0.4 is 4.90 Å². The highest BCUT2D eigenvalue weighted by molar-refractivity contribution is 6.31. The van der Waals surface area contributed by atoms with Gasteiger partial charge in [0.1, 0.15) is 5.82 Å². The number of ketones is 1. The molecule has 0 radical (unpaired) electrons. The maximum absolute atomic E-state index is 12.9. The molecule has 0 aromatic heterocycles. The zero-order chi connectivity index (χ0) is 15.0. The van der Waals surface area contributed by atoms with Crippen LogP contribution in [0.2, 0.25) is 5.02 Å². The fraction of sp³-hybridized carbons (Fsp3) is 0.125. The monoisotopic (exact) mass is 303 g/mol. The summed E-state index contributed by atoms with van der Waals surface area (Å²) in [6.07, 6.45) is 0.250. The van der Waals surface area contributed by atoms with Crippen molar-refractivity contribution in [3.8, 4) is 0 Å². The number of Topliss-reactive ketones (excluding diaryl/α,β-unsaturated/α-hetero) is 1. The first-order valence-electron chi connectivity index (χ1n) is 6.46. The quantitative estimate of drug-likeness (QED) is 0.805. The Morgan fingerprint density at radius 1 is 1.14 bits per heavy atom. The highest BCUT2D eigenvalue weighted by Gasteiger charge is 2.28. The van der Waals surface area contributed by atoms with Gasteiger partial charge in [0.15, 0.2) is 5.78 Å². The van der Waals surface area contributed by atoms with Crippen molar-refractivity contribution in [1.29, 1.82) is 0 Å². The molecule has 0 aliphatic carbocycles. The van der Waals surface area contributed by atoms with Gasteiger partial charge < -0.3 is 4.90 Å². The van der Waals surface area contributed by atoms with E-state index in [0.717, 1.165) is 0 Å². The molecule has 5 heteroatoms. The number of benzene rings is 2. The molecule has 0 unspecified atom stereocenters. The number of anilines is 1. The van der Waals surface area contributed by atoms with Crippen LogP contribution in [0.4, 0.5) is 10.1 Å². The molecule has 1 amide bonds. The Labute approximate surface area is 125 Å². The van der Waals surface area contributed by atoms with Crippen molar-refractivity contribution in [2.45, 2.75) is 6.42 Å². The normalized spacial score (nSPS) is 14.0. The van der Waals surface area contributed by atoms with Crippen LogP contribution in [0.15, 0.2) is 42.5 Å². The number of hydrogen-bond donors (Lipinski definition) is 0. The number of amides is 1. The molecule has 3 nitrogen and oxygen atoms in total. The van der Waals surface area contributed by atoms with Gasteiger partial charge in [0.2, 0.25) is 0 Å². The lowest BCUT2D eigenvalue weighted by Gasteiger charge is -2.28. The minimum Gasteiger partial charge on any atom is -0.307 e. The third kappa shape index (κ3) is 2.54. The Hall–Kier alpha value is -2.20. The Kier molecular flexibility index (Phi) is 3.47. The molecular weight excluding hydrogens is 293 g/mol. The van der Waals surface area contributed by atoms with Gasteiger partial charge in [-0.2, -0.15) is 0 Å². The summed E-state index contributed by atoms with van der Waals surface area (Å²) in [5.41, 5.74) is 1.38. The molecule has 1 aliphatic rings. The third-order valence-electron chi connectivity index (χ3n) is 3.45. The summed E-state index contributed by atoms with van der Waals surface area (Å²) >= 11 is 5.91. The lowest BCUT2D eigenvalue weighted by molar-refractivity contribution is 0.0955. The first-order chi connectivity index (χ1) is 10.1. The zero-order valence-corrected chi connectivity index (χ0v) is 11.7. The first kappa shape index (κ1) is 13.8. The zero-order valence-electron chi connectivity index (χ0n) is 11.0. The van der Waals surface area contributed by atoms with E-state index >= 15 is 0 Å². The SMILES string of the molecule is O=C1CCN(C(=O)c2ccc(F)cc2)c2ccc(Cl)cc21.